The molecule has 0 bridgehead atoms. The molecule has 0 saturated carbocycles. The number of hydrogen-bond donors (Lipinski definition) is 12. The summed E-state index contributed by atoms with van der Waals surface area (Å²) in [6.07, 6.45) is 2.96. The second-order valence-electron chi connectivity index (χ2n) is 17.3. The molecule has 4 rings (SSSR count). The lowest BCUT2D eigenvalue weighted by atomic mass is 10.0. The second kappa shape index (κ2) is 31.5. The van der Waals surface area contributed by atoms with E-state index < -0.39 is 129 Å². The van der Waals surface area contributed by atoms with Gasteiger partial charge in [-0.2, -0.15) is 23.5 Å². The first-order chi connectivity index (χ1) is 36.7. The number of aromatic amines is 1. The Bertz CT molecular complexity index is 2740. The average molecular weight is 1130 g/mol. The molecule has 25 nitrogen and oxygen atoms in total. The highest BCUT2D eigenvalue weighted by molar-refractivity contribution is 7.98. The standard InChI is InChI=1S/C49H61N10O15PS2/c1-76-18-16-34(55-47(69)37(58-44(66)32(50)23-41(61)62)21-28-12-14-30(15-13-28)74-75(72)73)45(67)53-26-40(60)54-38(22-29-25-52-33-11-7-6-10-31(29)33)48(70)56-35(17-19-77-2)46(68)59-39(24-42(63)64)49(71)57-36(43(51)65)20-27-8-4-3-5-9-27/h3-15,25,32,34-39,52H,16-24,26,50H2,1-2H3,(H2,51,65)(H,53,67)(H,54,60)(H,55,69)(H,56,70)(H,57,71)(H,58,66)(H,59,68)(H,61,62)(H,63,64)/t32-,34-,35-,36-,37-,38-,39-/m0/s1. The Morgan fingerprint density at radius 3 is 1.69 bits per heavy atom. The molecule has 1 unspecified atom stereocenters. The van der Waals surface area contributed by atoms with Gasteiger partial charge in [0.25, 0.3) is 0 Å². The largest absolute Gasteiger partial charge is 0.558 e. The van der Waals surface area contributed by atoms with Crippen LogP contribution in [0.3, 0.4) is 0 Å². The lowest BCUT2D eigenvalue weighted by Crippen LogP contribution is -2.59. The molecule has 4 aromatic rings. The van der Waals surface area contributed by atoms with Gasteiger partial charge in [-0.3, -0.25) is 52.5 Å². The third-order valence-corrected chi connectivity index (χ3v) is 13.2. The van der Waals surface area contributed by atoms with Gasteiger partial charge in [0.1, 0.15) is 36.3 Å². The van der Waals surface area contributed by atoms with Gasteiger partial charge in [0.2, 0.25) is 47.3 Å². The maximum Gasteiger partial charge on any atom is 0.539 e. The van der Waals surface area contributed by atoms with E-state index in [2.05, 4.69) is 46.7 Å². The minimum Gasteiger partial charge on any atom is -0.558 e. The number of carboxylic acids is 2. The van der Waals surface area contributed by atoms with Gasteiger partial charge < -0.3 is 68.8 Å². The van der Waals surface area contributed by atoms with Crippen LogP contribution in [0.5, 0.6) is 5.75 Å². The number of carbonyl (C=O) groups is 10. The lowest BCUT2D eigenvalue weighted by molar-refractivity contribution is -0.178. The molecule has 1 heterocycles. The zero-order chi connectivity index (χ0) is 56.6. The molecule has 1 aromatic heterocycles. The van der Waals surface area contributed by atoms with Crippen LogP contribution in [0.2, 0.25) is 0 Å². The van der Waals surface area contributed by atoms with Crippen molar-refractivity contribution in [3.8, 4) is 5.75 Å². The second-order valence-corrected chi connectivity index (χ2v) is 19.9. The van der Waals surface area contributed by atoms with Gasteiger partial charge in [0.05, 0.1) is 25.4 Å². The van der Waals surface area contributed by atoms with Crippen LogP contribution < -0.4 is 58.1 Å². The van der Waals surface area contributed by atoms with Gasteiger partial charge in [-0.1, -0.05) is 60.7 Å². The number of nitrogens with two attached hydrogens (primary N) is 2. The Morgan fingerprint density at radius 1 is 0.610 bits per heavy atom. The van der Waals surface area contributed by atoms with Crippen LogP contribution in [-0.2, 0) is 71.8 Å². The van der Waals surface area contributed by atoms with Crippen molar-refractivity contribution in [2.24, 2.45) is 11.5 Å². The number of aliphatic carboxylic acids is 2. The molecule has 0 radical (unpaired) electrons. The van der Waals surface area contributed by atoms with Gasteiger partial charge in [-0.05, 0) is 76.3 Å². The van der Waals surface area contributed by atoms with Crippen molar-refractivity contribution in [1.29, 1.82) is 0 Å². The summed E-state index contributed by atoms with van der Waals surface area (Å²) in [6, 6.07) is 10.9. The van der Waals surface area contributed by atoms with Crippen molar-refractivity contribution < 1.29 is 72.1 Å². The van der Waals surface area contributed by atoms with Crippen LogP contribution in [0.25, 0.3) is 10.9 Å². The molecule has 414 valence electrons. The van der Waals surface area contributed by atoms with E-state index in [-0.39, 0.29) is 43.6 Å². The van der Waals surface area contributed by atoms with E-state index in [1.807, 2.05) is 0 Å². The summed E-state index contributed by atoms with van der Waals surface area (Å²) >= 11 is 2.64. The Morgan fingerprint density at radius 2 is 1.10 bits per heavy atom. The van der Waals surface area contributed by atoms with E-state index in [1.54, 1.807) is 73.3 Å². The van der Waals surface area contributed by atoms with E-state index in [4.69, 9.17) is 11.5 Å². The minimum atomic E-state index is -3.23. The maximum atomic E-state index is 14.3. The number of nitrogens with one attached hydrogen (secondary N) is 8. The monoisotopic (exact) mass is 1120 g/mol. The fourth-order valence-corrected chi connectivity index (χ4v) is 8.83. The van der Waals surface area contributed by atoms with E-state index in [1.165, 1.54) is 47.8 Å². The van der Waals surface area contributed by atoms with Crippen LogP contribution in [-0.4, -0.2) is 147 Å². The molecule has 3 aromatic carbocycles. The van der Waals surface area contributed by atoms with Crippen LogP contribution in [0.4, 0.5) is 0 Å². The summed E-state index contributed by atoms with van der Waals surface area (Å²) < 4.78 is 15.7. The molecule has 14 N–H and O–H groups in total. The molecule has 0 aliphatic heterocycles. The van der Waals surface area contributed by atoms with Gasteiger partial charge in [0.15, 0.2) is 5.75 Å². The number of hydrogen-bond acceptors (Lipinski definition) is 16. The Hall–Kier alpha value is -7.58. The lowest BCUT2D eigenvalue weighted by Gasteiger charge is -2.26. The summed E-state index contributed by atoms with van der Waals surface area (Å²) in [5.74, 6) is -9.71. The number of aromatic nitrogens is 1. The van der Waals surface area contributed by atoms with Gasteiger partial charge in [-0.15, -0.1) is 0 Å². The Labute approximate surface area is 451 Å². The summed E-state index contributed by atoms with van der Waals surface area (Å²) in [5.41, 5.74) is 13.6. The zero-order valence-corrected chi connectivity index (χ0v) is 44.3. The SMILES string of the molecule is CSCC[C@H](NC(=O)[C@H](Cc1ccc(O[P+](=O)[O-])cc1)NC(=O)[C@@H](N)CC(=O)O)C(=O)NCC(=O)N[C@@H](Cc1c[nH]c2ccccc12)C(=O)N[C@@H](CCSC)C(=O)N[C@@H](CC(=O)O)C(=O)N[C@@H](Cc1ccccc1)C(N)=O. The first-order valence-electron chi connectivity index (χ1n) is 23.7. The molecule has 0 spiro atoms. The van der Waals surface area contributed by atoms with Gasteiger partial charge in [-0.25, -0.2) is 0 Å². The fraction of sp³-hybridized carbons (Fsp3) is 0.388. The van der Waals surface area contributed by atoms with Gasteiger partial charge >= 0.3 is 20.2 Å². The van der Waals surface area contributed by atoms with Crippen LogP contribution in [0.1, 0.15) is 42.4 Å². The Kier molecular flexibility index (Phi) is 25.3. The van der Waals surface area contributed by atoms with Crippen molar-refractivity contribution in [3.63, 3.8) is 0 Å². The molecule has 0 saturated heterocycles. The molecule has 0 aliphatic carbocycles. The van der Waals surface area contributed by atoms with Crippen molar-refractivity contribution in [1.82, 2.24) is 42.2 Å². The van der Waals surface area contributed by atoms with Gasteiger partial charge in [0, 0.05) is 36.4 Å². The zero-order valence-electron chi connectivity index (χ0n) is 41.8. The third kappa shape index (κ3) is 21.2. The highest BCUT2D eigenvalue weighted by Crippen LogP contribution is 2.22. The molecular formula is C49H61N10O15PS2. The van der Waals surface area contributed by atoms with Crippen molar-refractivity contribution in [3.05, 3.63) is 102 Å². The molecule has 8 atom stereocenters. The maximum absolute atomic E-state index is 14.3. The summed E-state index contributed by atoms with van der Waals surface area (Å²) in [4.78, 5) is 146. The first kappa shape index (κ1) is 62.0. The number of benzene rings is 3. The van der Waals surface area contributed by atoms with E-state index in [9.17, 15) is 67.6 Å². The quantitative estimate of drug-likeness (QED) is 0.0252. The Balaban J connectivity index is 1.54. The van der Waals surface area contributed by atoms with Crippen molar-refractivity contribution in [2.45, 2.75) is 87.2 Å². The van der Waals surface area contributed by atoms with Crippen molar-refractivity contribution >= 4 is 102 Å². The number of carboxylic acid groups (broad SMARTS) is 2. The van der Waals surface area contributed by atoms with Crippen molar-refractivity contribution in [2.75, 3.05) is 30.6 Å². The van der Waals surface area contributed by atoms with E-state index >= 15 is 0 Å². The predicted molar refractivity (Wildman–Crippen MR) is 283 cm³/mol. The molecule has 0 aliphatic rings. The van der Waals surface area contributed by atoms with E-state index in [0.717, 1.165) is 0 Å². The molecular weight excluding hydrogens is 1060 g/mol. The third-order valence-electron chi connectivity index (χ3n) is 11.5. The van der Waals surface area contributed by atoms with Crippen LogP contribution in [0, 0.1) is 0 Å². The van der Waals surface area contributed by atoms with Crippen LogP contribution >= 0.6 is 31.8 Å². The van der Waals surface area contributed by atoms with E-state index in [0.29, 0.717) is 33.3 Å². The number of thioether (sulfide) groups is 2. The highest BCUT2D eigenvalue weighted by atomic mass is 32.2. The topological polar surface area (TPSA) is 413 Å². The highest BCUT2D eigenvalue weighted by Gasteiger charge is 2.34. The number of carbonyl (C=O) groups excluding carboxylic acids is 8. The molecule has 8 amide bonds. The fourth-order valence-electron chi connectivity index (χ4n) is 7.60. The van der Waals surface area contributed by atoms with Crippen LogP contribution in [0.15, 0.2) is 85.1 Å². The number of amides is 8. The molecule has 77 heavy (non-hydrogen) atoms. The number of fused-ring (bicyclic) bond motifs is 1. The minimum absolute atomic E-state index is 0.0123. The number of H-pyrrole nitrogens is 1. The smallest absolute Gasteiger partial charge is 0.539 e. The number of primary amides is 1. The predicted octanol–water partition coefficient (Wildman–Crippen LogP) is -1.11. The summed E-state index contributed by atoms with van der Waals surface area (Å²) in [5, 5.41) is 37.1. The number of rotatable bonds is 33. The summed E-state index contributed by atoms with van der Waals surface area (Å²) in [7, 11) is -3.23. The normalized spacial score (nSPS) is 13.9. The molecule has 0 fully saturated rings. The number of para-hydroxylation sites is 1. The average Bonchev–Trinajstić information content (AvgIpc) is 3.79. The summed E-state index contributed by atoms with van der Waals surface area (Å²) in [6.45, 7) is -0.741. The molecule has 28 heteroatoms. The first-order valence-corrected chi connectivity index (χ1v) is 27.6.